The van der Waals surface area contributed by atoms with E-state index in [9.17, 15) is 9.59 Å². The monoisotopic (exact) mass is 381 g/mol. The number of nitrogens with zero attached hydrogens (tertiary/aromatic N) is 1. The molecule has 0 saturated heterocycles. The summed E-state index contributed by atoms with van der Waals surface area (Å²) in [5.74, 6) is -0.450. The Labute approximate surface area is 162 Å². The van der Waals surface area contributed by atoms with Gasteiger partial charge in [0.25, 0.3) is 11.8 Å². The van der Waals surface area contributed by atoms with E-state index < -0.39 is 9.04 Å². The first-order valence-corrected chi connectivity index (χ1v) is 12.2. The fraction of sp³-hybridized carbons (Fsp3) is 0.364. The Morgan fingerprint density at radius 1 is 0.926 bits per heavy atom. The molecule has 1 heterocycles. The van der Waals surface area contributed by atoms with E-state index >= 15 is 0 Å². The standard InChI is InChI=1S/C22H27NO3Si/c1-22(2,3)19(26-27(4)5)16-11-7-6-10-15(16)14-23-20(24)17-12-8-9-13-18(17)21(23)25/h6-13,19,27H,14H2,1-5H3. The van der Waals surface area contributed by atoms with E-state index in [1.807, 2.05) is 18.2 Å². The lowest BCUT2D eigenvalue weighted by atomic mass is 9.83. The molecule has 0 fully saturated rings. The third-order valence-corrected chi connectivity index (χ3v) is 5.56. The second-order valence-electron chi connectivity index (χ2n) is 8.37. The summed E-state index contributed by atoms with van der Waals surface area (Å²) in [6.07, 6.45) is -0.0736. The summed E-state index contributed by atoms with van der Waals surface area (Å²) >= 11 is 0. The molecule has 3 rings (SSSR count). The van der Waals surface area contributed by atoms with Gasteiger partial charge in [-0.25, -0.2) is 0 Å². The molecule has 0 aromatic heterocycles. The van der Waals surface area contributed by atoms with Gasteiger partial charge in [-0.15, -0.1) is 0 Å². The largest absolute Gasteiger partial charge is 0.413 e. The Morgan fingerprint density at radius 3 is 1.96 bits per heavy atom. The molecule has 1 unspecified atom stereocenters. The molecule has 4 nitrogen and oxygen atoms in total. The highest BCUT2D eigenvalue weighted by molar-refractivity contribution is 6.48. The van der Waals surface area contributed by atoms with E-state index in [1.165, 1.54) is 4.90 Å². The van der Waals surface area contributed by atoms with E-state index in [4.69, 9.17) is 4.43 Å². The number of fused-ring (bicyclic) bond motifs is 1. The van der Waals surface area contributed by atoms with Crippen LogP contribution in [0.4, 0.5) is 0 Å². The third kappa shape index (κ3) is 3.89. The number of hydrogen-bond acceptors (Lipinski definition) is 3. The first-order chi connectivity index (χ1) is 12.7. The van der Waals surface area contributed by atoms with Crippen LogP contribution in [0.2, 0.25) is 13.1 Å². The highest BCUT2D eigenvalue weighted by atomic mass is 28.3. The molecule has 27 heavy (non-hydrogen) atoms. The number of amides is 2. The van der Waals surface area contributed by atoms with Crippen molar-refractivity contribution >= 4 is 20.9 Å². The van der Waals surface area contributed by atoms with Gasteiger partial charge in [0.2, 0.25) is 0 Å². The van der Waals surface area contributed by atoms with Gasteiger partial charge in [0.15, 0.2) is 9.04 Å². The van der Waals surface area contributed by atoms with Crippen molar-refractivity contribution < 1.29 is 14.0 Å². The fourth-order valence-electron chi connectivity index (χ4n) is 3.50. The van der Waals surface area contributed by atoms with Crippen LogP contribution in [0.25, 0.3) is 0 Å². The van der Waals surface area contributed by atoms with Gasteiger partial charge in [-0.1, -0.05) is 57.2 Å². The number of benzene rings is 2. The Bertz CT molecular complexity index is 835. The van der Waals surface area contributed by atoms with E-state index in [-0.39, 0.29) is 29.9 Å². The lowest BCUT2D eigenvalue weighted by Gasteiger charge is -2.34. The Hall–Kier alpha value is -2.24. The maximum atomic E-state index is 12.7. The molecule has 0 spiro atoms. The molecule has 2 aromatic rings. The lowest BCUT2D eigenvalue weighted by Crippen LogP contribution is -2.31. The predicted molar refractivity (Wildman–Crippen MR) is 109 cm³/mol. The van der Waals surface area contributed by atoms with Crippen molar-refractivity contribution in [3.05, 3.63) is 70.8 Å². The van der Waals surface area contributed by atoms with Crippen molar-refractivity contribution in [1.82, 2.24) is 4.90 Å². The van der Waals surface area contributed by atoms with Gasteiger partial charge in [0.05, 0.1) is 23.8 Å². The van der Waals surface area contributed by atoms with E-state index in [0.29, 0.717) is 11.1 Å². The number of imide groups is 1. The number of carbonyl (C=O) groups is 2. The first kappa shape index (κ1) is 19.5. The van der Waals surface area contributed by atoms with Crippen molar-refractivity contribution in [2.45, 2.75) is 46.5 Å². The maximum absolute atomic E-state index is 12.7. The maximum Gasteiger partial charge on any atom is 0.261 e. The summed E-state index contributed by atoms with van der Waals surface area (Å²) in [7, 11) is -1.28. The van der Waals surface area contributed by atoms with Crippen molar-refractivity contribution in [3.8, 4) is 0 Å². The smallest absolute Gasteiger partial charge is 0.261 e. The molecule has 1 aliphatic heterocycles. The summed E-state index contributed by atoms with van der Waals surface area (Å²) in [6.45, 7) is 11.1. The molecule has 0 N–H and O–H groups in total. The van der Waals surface area contributed by atoms with Gasteiger partial charge < -0.3 is 4.43 Å². The van der Waals surface area contributed by atoms with Gasteiger partial charge in [0.1, 0.15) is 0 Å². The van der Waals surface area contributed by atoms with E-state index in [0.717, 1.165) is 11.1 Å². The fourth-order valence-corrected chi connectivity index (χ4v) is 4.60. The zero-order chi connectivity index (χ0) is 19.8. The minimum atomic E-state index is -1.28. The van der Waals surface area contributed by atoms with Gasteiger partial charge in [-0.2, -0.15) is 0 Å². The average molecular weight is 382 g/mol. The number of carbonyl (C=O) groups excluding carboxylic acids is 2. The van der Waals surface area contributed by atoms with Crippen molar-refractivity contribution in [2.24, 2.45) is 5.41 Å². The van der Waals surface area contributed by atoms with Crippen LogP contribution in [0, 0.1) is 5.41 Å². The predicted octanol–water partition coefficient (Wildman–Crippen LogP) is 4.57. The van der Waals surface area contributed by atoms with Crippen LogP contribution in [0.1, 0.15) is 58.7 Å². The van der Waals surface area contributed by atoms with Crippen LogP contribution in [0.3, 0.4) is 0 Å². The number of rotatable bonds is 5. The summed E-state index contributed by atoms with van der Waals surface area (Å²) in [5, 5.41) is 0. The molecule has 1 aliphatic rings. The van der Waals surface area contributed by atoms with Crippen LogP contribution in [-0.4, -0.2) is 25.8 Å². The quantitative estimate of drug-likeness (QED) is 0.563. The Kier molecular flexibility index (Phi) is 5.35. The average Bonchev–Trinajstić information content (AvgIpc) is 2.85. The molecule has 0 radical (unpaired) electrons. The summed E-state index contributed by atoms with van der Waals surface area (Å²) in [5.41, 5.74) is 2.90. The van der Waals surface area contributed by atoms with E-state index in [2.05, 4.69) is 39.9 Å². The SMILES string of the molecule is C[SiH](C)OC(c1ccccc1CN1C(=O)c2ccccc2C1=O)C(C)(C)C. The van der Waals surface area contributed by atoms with Gasteiger partial charge in [-0.3, -0.25) is 14.5 Å². The van der Waals surface area contributed by atoms with Gasteiger partial charge in [-0.05, 0) is 41.8 Å². The lowest BCUT2D eigenvalue weighted by molar-refractivity contribution is 0.0632. The molecule has 2 aromatic carbocycles. The second kappa shape index (κ2) is 7.41. The molecule has 142 valence electrons. The number of hydrogen-bond donors (Lipinski definition) is 0. The molecule has 0 saturated carbocycles. The van der Waals surface area contributed by atoms with Crippen molar-refractivity contribution in [1.29, 1.82) is 0 Å². The third-order valence-electron chi connectivity index (χ3n) is 4.74. The molecule has 2 amide bonds. The Morgan fingerprint density at radius 2 is 1.44 bits per heavy atom. The van der Waals surface area contributed by atoms with Gasteiger partial charge >= 0.3 is 0 Å². The van der Waals surface area contributed by atoms with Crippen LogP contribution < -0.4 is 0 Å². The van der Waals surface area contributed by atoms with Crippen molar-refractivity contribution in [3.63, 3.8) is 0 Å². The van der Waals surface area contributed by atoms with Crippen molar-refractivity contribution in [2.75, 3.05) is 0 Å². The summed E-state index contributed by atoms with van der Waals surface area (Å²) in [4.78, 5) is 26.8. The van der Waals surface area contributed by atoms with Crippen LogP contribution >= 0.6 is 0 Å². The minimum Gasteiger partial charge on any atom is -0.413 e. The zero-order valence-electron chi connectivity index (χ0n) is 16.7. The highest BCUT2D eigenvalue weighted by Crippen LogP contribution is 2.39. The minimum absolute atomic E-state index is 0.0736. The van der Waals surface area contributed by atoms with Crippen LogP contribution in [0.5, 0.6) is 0 Å². The normalized spacial score (nSPS) is 15.4. The first-order valence-electron chi connectivity index (χ1n) is 9.38. The summed E-state index contributed by atoms with van der Waals surface area (Å²) in [6, 6.07) is 15.0. The topological polar surface area (TPSA) is 46.6 Å². The van der Waals surface area contributed by atoms with Crippen LogP contribution in [-0.2, 0) is 11.0 Å². The molecule has 5 heteroatoms. The van der Waals surface area contributed by atoms with Gasteiger partial charge in [0, 0.05) is 0 Å². The van der Waals surface area contributed by atoms with Crippen LogP contribution in [0.15, 0.2) is 48.5 Å². The molecule has 0 aliphatic carbocycles. The summed E-state index contributed by atoms with van der Waals surface area (Å²) < 4.78 is 6.37. The molecular formula is C22H27NO3Si. The van der Waals surface area contributed by atoms with E-state index in [1.54, 1.807) is 24.3 Å². The second-order valence-corrected chi connectivity index (χ2v) is 10.7. The molecule has 0 bridgehead atoms. The highest BCUT2D eigenvalue weighted by Gasteiger charge is 2.36. The Balaban J connectivity index is 1.96. The zero-order valence-corrected chi connectivity index (χ0v) is 17.8. The molecule has 1 atom stereocenters. The molecular weight excluding hydrogens is 354 g/mol.